The zero-order valence-corrected chi connectivity index (χ0v) is 16.8. The summed E-state index contributed by atoms with van der Waals surface area (Å²) in [7, 11) is 0. The van der Waals surface area contributed by atoms with Crippen molar-refractivity contribution in [2.75, 3.05) is 4.90 Å². The van der Waals surface area contributed by atoms with Crippen LogP contribution in [0.2, 0.25) is 0 Å². The number of benzene rings is 2. The van der Waals surface area contributed by atoms with Gasteiger partial charge in [-0.05, 0) is 60.7 Å². The van der Waals surface area contributed by atoms with Gasteiger partial charge in [0.2, 0.25) is 0 Å². The number of pyridine rings is 1. The third-order valence-corrected chi connectivity index (χ3v) is 5.64. The summed E-state index contributed by atoms with van der Waals surface area (Å²) in [4.78, 5) is 6.42. The summed E-state index contributed by atoms with van der Waals surface area (Å²) in [6, 6.07) is 26.2. The maximum absolute atomic E-state index is 14.8. The van der Waals surface area contributed by atoms with Gasteiger partial charge in [-0.3, -0.25) is 4.98 Å². The van der Waals surface area contributed by atoms with Crippen molar-refractivity contribution >= 4 is 23.0 Å². The van der Waals surface area contributed by atoms with Crippen molar-refractivity contribution in [3.63, 3.8) is 0 Å². The van der Waals surface area contributed by atoms with Crippen molar-refractivity contribution in [2.45, 2.75) is 12.1 Å². The first kappa shape index (κ1) is 18.5. The lowest BCUT2D eigenvalue weighted by Gasteiger charge is -2.29. The van der Waals surface area contributed by atoms with Crippen LogP contribution < -0.4 is 10.2 Å². The lowest BCUT2D eigenvalue weighted by molar-refractivity contribution is 0.542. The van der Waals surface area contributed by atoms with Crippen molar-refractivity contribution in [3.8, 4) is 5.69 Å². The molecule has 0 unspecified atom stereocenters. The van der Waals surface area contributed by atoms with E-state index < -0.39 is 0 Å². The number of para-hydroxylation sites is 2. The van der Waals surface area contributed by atoms with Gasteiger partial charge in [0.1, 0.15) is 11.9 Å². The second-order valence-electron chi connectivity index (χ2n) is 7.09. The van der Waals surface area contributed by atoms with Gasteiger partial charge in [0.15, 0.2) is 5.11 Å². The molecule has 1 saturated heterocycles. The van der Waals surface area contributed by atoms with E-state index in [9.17, 15) is 4.39 Å². The Balaban J connectivity index is 1.69. The molecule has 2 atom stereocenters. The number of anilines is 1. The summed E-state index contributed by atoms with van der Waals surface area (Å²) in [6.45, 7) is 0. The Morgan fingerprint density at radius 2 is 1.63 bits per heavy atom. The summed E-state index contributed by atoms with van der Waals surface area (Å²) >= 11 is 5.68. The van der Waals surface area contributed by atoms with E-state index in [-0.39, 0.29) is 17.9 Å². The fourth-order valence-electron chi connectivity index (χ4n) is 4.02. The molecule has 0 spiro atoms. The Hall–Kier alpha value is -3.51. The molecule has 4 aromatic rings. The molecule has 0 aliphatic carbocycles. The molecular weight excluding hydrogens is 395 g/mol. The highest BCUT2D eigenvalue weighted by molar-refractivity contribution is 7.80. The zero-order valence-electron chi connectivity index (χ0n) is 16.0. The maximum Gasteiger partial charge on any atom is 0.174 e. The van der Waals surface area contributed by atoms with E-state index in [1.807, 2.05) is 71.8 Å². The van der Waals surface area contributed by atoms with Gasteiger partial charge in [0.05, 0.1) is 17.4 Å². The monoisotopic (exact) mass is 414 g/mol. The SMILES string of the molecule is Fc1ccccc1N1C(=S)N[C@@H](c2ccccn2)[C@@H]1c1cccn1-c1ccccc1. The molecule has 1 aliphatic heterocycles. The number of thiocarbonyl (C=S) groups is 1. The summed E-state index contributed by atoms with van der Waals surface area (Å²) in [5, 5.41) is 3.85. The second-order valence-corrected chi connectivity index (χ2v) is 7.47. The molecule has 148 valence electrons. The van der Waals surface area contributed by atoms with Gasteiger partial charge in [-0.1, -0.05) is 36.4 Å². The highest BCUT2D eigenvalue weighted by atomic mass is 32.1. The van der Waals surface area contributed by atoms with E-state index in [1.54, 1.807) is 18.3 Å². The first-order valence-electron chi connectivity index (χ1n) is 9.72. The van der Waals surface area contributed by atoms with Crippen molar-refractivity contribution < 1.29 is 4.39 Å². The molecule has 3 heterocycles. The van der Waals surface area contributed by atoms with Gasteiger partial charge in [-0.2, -0.15) is 0 Å². The molecule has 0 radical (unpaired) electrons. The van der Waals surface area contributed by atoms with Gasteiger partial charge in [-0.25, -0.2) is 4.39 Å². The molecule has 2 aromatic heterocycles. The first-order valence-corrected chi connectivity index (χ1v) is 10.1. The van der Waals surface area contributed by atoms with Crippen molar-refractivity contribution in [1.29, 1.82) is 0 Å². The van der Waals surface area contributed by atoms with Crippen LogP contribution in [0.25, 0.3) is 5.69 Å². The van der Waals surface area contributed by atoms with Crippen LogP contribution in [0.4, 0.5) is 10.1 Å². The Kier molecular flexibility index (Phi) is 4.77. The quantitative estimate of drug-likeness (QED) is 0.466. The van der Waals surface area contributed by atoms with Gasteiger partial charge in [-0.15, -0.1) is 0 Å². The number of nitrogens with one attached hydrogen (secondary N) is 1. The zero-order chi connectivity index (χ0) is 20.5. The summed E-state index contributed by atoms with van der Waals surface area (Å²) in [5.41, 5.74) is 3.32. The standard InChI is InChI=1S/C24H19FN4S/c25-18-11-4-5-13-20(18)29-23(22(27-24(29)30)19-12-6-7-15-26-19)21-14-8-16-28(21)17-9-2-1-3-10-17/h1-16,22-23H,(H,27,30)/t22-,23-/m0/s1. The second kappa shape index (κ2) is 7.72. The van der Waals surface area contributed by atoms with Gasteiger partial charge in [0, 0.05) is 23.8 Å². The number of rotatable bonds is 4. The van der Waals surface area contributed by atoms with Crippen LogP contribution in [0.15, 0.2) is 97.3 Å². The molecule has 4 nitrogen and oxygen atoms in total. The minimum Gasteiger partial charge on any atom is -0.351 e. The normalized spacial score (nSPS) is 18.4. The molecule has 0 bridgehead atoms. The third kappa shape index (κ3) is 3.15. The van der Waals surface area contributed by atoms with E-state index in [0.717, 1.165) is 17.1 Å². The molecule has 1 fully saturated rings. The minimum atomic E-state index is -0.314. The van der Waals surface area contributed by atoms with Crippen molar-refractivity contribution in [3.05, 3.63) is 115 Å². The predicted molar refractivity (Wildman–Crippen MR) is 120 cm³/mol. The number of hydrogen-bond donors (Lipinski definition) is 1. The smallest absolute Gasteiger partial charge is 0.174 e. The molecule has 1 N–H and O–H groups in total. The number of hydrogen-bond acceptors (Lipinski definition) is 2. The number of nitrogens with zero attached hydrogens (tertiary/aromatic N) is 3. The molecule has 2 aromatic carbocycles. The Labute approximate surface area is 179 Å². The lowest BCUT2D eigenvalue weighted by atomic mass is 10.0. The molecule has 0 saturated carbocycles. The van der Waals surface area contributed by atoms with Crippen LogP contribution in [0, 0.1) is 5.82 Å². The molecule has 6 heteroatoms. The first-order chi connectivity index (χ1) is 14.7. The number of halogens is 1. The summed E-state index contributed by atoms with van der Waals surface area (Å²) < 4.78 is 16.9. The van der Waals surface area contributed by atoms with Crippen LogP contribution in [0.3, 0.4) is 0 Å². The van der Waals surface area contributed by atoms with Crippen LogP contribution in [-0.2, 0) is 0 Å². The fourth-order valence-corrected chi connectivity index (χ4v) is 4.36. The average Bonchev–Trinajstić information content (AvgIpc) is 3.40. The van der Waals surface area contributed by atoms with E-state index in [1.165, 1.54) is 6.07 Å². The van der Waals surface area contributed by atoms with Crippen LogP contribution >= 0.6 is 12.2 Å². The van der Waals surface area contributed by atoms with E-state index in [0.29, 0.717) is 10.8 Å². The summed E-state index contributed by atoms with van der Waals surface area (Å²) in [5.74, 6) is -0.314. The highest BCUT2D eigenvalue weighted by Crippen LogP contribution is 2.42. The summed E-state index contributed by atoms with van der Waals surface area (Å²) in [6.07, 6.45) is 3.78. The average molecular weight is 415 g/mol. The molecular formula is C24H19FN4S. The molecule has 5 rings (SSSR count). The van der Waals surface area contributed by atoms with E-state index >= 15 is 0 Å². The largest absolute Gasteiger partial charge is 0.351 e. The Morgan fingerprint density at radius 1 is 0.867 bits per heavy atom. The van der Waals surface area contributed by atoms with Gasteiger partial charge in [0.25, 0.3) is 0 Å². The van der Waals surface area contributed by atoms with Gasteiger partial charge < -0.3 is 14.8 Å². The molecule has 1 aliphatic rings. The van der Waals surface area contributed by atoms with E-state index in [4.69, 9.17) is 12.2 Å². The predicted octanol–water partition coefficient (Wildman–Crippen LogP) is 5.19. The third-order valence-electron chi connectivity index (χ3n) is 5.33. The topological polar surface area (TPSA) is 33.1 Å². The molecule has 0 amide bonds. The molecule has 30 heavy (non-hydrogen) atoms. The van der Waals surface area contributed by atoms with Gasteiger partial charge >= 0.3 is 0 Å². The lowest BCUT2D eigenvalue weighted by Crippen LogP contribution is -2.31. The minimum absolute atomic E-state index is 0.226. The number of aromatic nitrogens is 2. The Bertz CT molecular complexity index is 1180. The van der Waals surface area contributed by atoms with Crippen molar-refractivity contribution in [2.24, 2.45) is 0 Å². The van der Waals surface area contributed by atoms with Crippen LogP contribution in [0.5, 0.6) is 0 Å². The highest BCUT2D eigenvalue weighted by Gasteiger charge is 2.42. The van der Waals surface area contributed by atoms with Crippen molar-refractivity contribution in [1.82, 2.24) is 14.9 Å². The van der Waals surface area contributed by atoms with Crippen LogP contribution in [0.1, 0.15) is 23.5 Å². The van der Waals surface area contributed by atoms with Crippen LogP contribution in [-0.4, -0.2) is 14.7 Å². The fraction of sp³-hybridized carbons (Fsp3) is 0.0833. The Morgan fingerprint density at radius 3 is 2.40 bits per heavy atom. The maximum atomic E-state index is 14.8. The van der Waals surface area contributed by atoms with E-state index in [2.05, 4.69) is 20.9 Å².